The first-order chi connectivity index (χ1) is 17.4. The van der Waals surface area contributed by atoms with Gasteiger partial charge in [-0.25, -0.2) is 4.57 Å². The Morgan fingerprint density at radius 2 is 1.11 bits per heavy atom. The van der Waals surface area contributed by atoms with Gasteiger partial charge in [-0.05, 0) is 72.9 Å². The van der Waals surface area contributed by atoms with Gasteiger partial charge in [0, 0.05) is 27.7 Å². The minimum atomic E-state index is -4.49. The molecule has 180 valence electrons. The van der Waals surface area contributed by atoms with Crippen molar-refractivity contribution < 1.29 is 18.5 Å². The first-order valence-electron chi connectivity index (χ1n) is 12.5. The van der Waals surface area contributed by atoms with Gasteiger partial charge in [-0.15, -0.1) is 0 Å². The summed E-state index contributed by atoms with van der Waals surface area (Å²) >= 11 is 0. The Balaban J connectivity index is 1.57. The maximum Gasteiger partial charge on any atom is 0.584 e. The quantitative estimate of drug-likeness (QED) is 0.290. The van der Waals surface area contributed by atoms with Crippen LogP contribution in [0.15, 0.2) is 72.8 Å². The Morgan fingerprint density at radius 1 is 0.667 bits per heavy atom. The van der Waals surface area contributed by atoms with Crippen molar-refractivity contribution in [2.24, 2.45) is 0 Å². The van der Waals surface area contributed by atoms with Crippen LogP contribution in [0.3, 0.4) is 0 Å². The van der Waals surface area contributed by atoms with Gasteiger partial charge in [-0.3, -0.25) is 4.89 Å². The number of benzene rings is 4. The summed E-state index contributed by atoms with van der Waals surface area (Å²) in [7, 11) is -4.49. The van der Waals surface area contributed by atoms with Crippen LogP contribution in [-0.2, 0) is 22.8 Å². The molecule has 0 saturated carbocycles. The molecule has 4 aromatic carbocycles. The molecule has 1 aliphatic heterocycles. The van der Waals surface area contributed by atoms with Crippen molar-refractivity contribution >= 4 is 7.82 Å². The lowest BCUT2D eigenvalue weighted by Gasteiger charge is -2.35. The smallest absolute Gasteiger partial charge is 0.394 e. The van der Waals surface area contributed by atoms with Gasteiger partial charge in [0.15, 0.2) is 0 Å². The second kappa shape index (κ2) is 7.59. The third-order valence-corrected chi connectivity index (χ3v) is 9.20. The highest BCUT2D eigenvalue weighted by Gasteiger charge is 2.52. The highest BCUT2D eigenvalue weighted by molar-refractivity contribution is 7.48. The number of phosphoric ester groups is 1. The lowest BCUT2D eigenvalue weighted by molar-refractivity contribution is 0.281. The Bertz CT molecular complexity index is 1500. The first kappa shape index (κ1) is 21.9. The zero-order valence-corrected chi connectivity index (χ0v) is 21.3. The average Bonchev–Trinajstić information content (AvgIpc) is 3.41. The van der Waals surface area contributed by atoms with E-state index in [1.807, 2.05) is 48.5 Å². The van der Waals surface area contributed by atoms with Crippen LogP contribution in [0.2, 0.25) is 0 Å². The number of rotatable bonds is 2. The predicted octanol–water partition coefficient (Wildman–Crippen LogP) is 7.69. The molecule has 4 aromatic rings. The molecule has 0 atom stereocenters. The van der Waals surface area contributed by atoms with E-state index in [-0.39, 0.29) is 5.41 Å². The molecule has 4 nitrogen and oxygen atoms in total. The van der Waals surface area contributed by atoms with Crippen LogP contribution in [0.5, 0.6) is 11.5 Å². The molecule has 0 saturated heterocycles. The van der Waals surface area contributed by atoms with Crippen LogP contribution >= 0.6 is 7.82 Å². The van der Waals surface area contributed by atoms with Gasteiger partial charge in [0.05, 0.1) is 0 Å². The molecule has 1 spiro atoms. The van der Waals surface area contributed by atoms with E-state index in [2.05, 4.69) is 38.1 Å². The molecule has 0 radical (unpaired) electrons. The summed E-state index contributed by atoms with van der Waals surface area (Å²) in [5.74, 6) is 1.01. The fraction of sp³-hybridized carbons (Fsp3) is 0.226. The average molecular weight is 495 g/mol. The number of phosphoric acid groups is 1. The lowest BCUT2D eigenvalue weighted by atomic mass is 9.74. The Hall–Kier alpha value is -3.33. The number of hydrogen-bond donors (Lipinski definition) is 1. The minimum Gasteiger partial charge on any atom is -0.394 e. The van der Waals surface area contributed by atoms with Crippen molar-refractivity contribution in [1.82, 2.24) is 0 Å². The third-order valence-electron chi connectivity index (χ3n) is 8.37. The Morgan fingerprint density at radius 3 is 1.56 bits per heavy atom. The maximum atomic E-state index is 13.7. The van der Waals surface area contributed by atoms with Crippen LogP contribution in [-0.4, -0.2) is 4.89 Å². The second-order valence-electron chi connectivity index (χ2n) is 10.3. The van der Waals surface area contributed by atoms with Crippen LogP contribution in [0, 0.1) is 13.8 Å². The largest absolute Gasteiger partial charge is 0.584 e. The van der Waals surface area contributed by atoms with Crippen molar-refractivity contribution in [3.63, 3.8) is 0 Å². The Kier molecular flexibility index (Phi) is 4.62. The molecular weight excluding hydrogens is 467 g/mol. The fourth-order valence-electron chi connectivity index (χ4n) is 6.77. The van der Waals surface area contributed by atoms with E-state index in [1.54, 1.807) is 0 Å². The minimum absolute atomic E-state index is 0.298. The van der Waals surface area contributed by atoms with Gasteiger partial charge in [-0.1, -0.05) is 72.8 Å². The van der Waals surface area contributed by atoms with Gasteiger partial charge in [-0.2, -0.15) is 0 Å². The molecule has 1 N–H and O–H groups in total. The van der Waals surface area contributed by atoms with Crippen molar-refractivity contribution in [3.05, 3.63) is 106 Å². The molecule has 0 bridgehead atoms. The summed E-state index contributed by atoms with van der Waals surface area (Å²) in [5.41, 5.74) is 10.1. The lowest BCUT2D eigenvalue weighted by Crippen LogP contribution is -2.25. The zero-order valence-electron chi connectivity index (χ0n) is 20.4. The summed E-state index contributed by atoms with van der Waals surface area (Å²) in [6, 6.07) is 24.7. The molecule has 0 unspecified atom stereocenters. The van der Waals surface area contributed by atoms with Crippen molar-refractivity contribution in [2.45, 2.75) is 44.9 Å². The van der Waals surface area contributed by atoms with E-state index in [1.165, 1.54) is 11.1 Å². The summed E-state index contributed by atoms with van der Waals surface area (Å²) in [4.78, 5) is 11.2. The van der Waals surface area contributed by atoms with Gasteiger partial charge >= 0.3 is 7.82 Å². The van der Waals surface area contributed by atoms with E-state index >= 15 is 0 Å². The molecule has 0 aromatic heterocycles. The summed E-state index contributed by atoms with van der Waals surface area (Å²) in [6.07, 6.45) is 3.68. The van der Waals surface area contributed by atoms with Gasteiger partial charge in [0.2, 0.25) is 0 Å². The molecule has 36 heavy (non-hydrogen) atoms. The standard InChI is InChI=1S/C31H27O4P/c1-19-7-3-5-9-23(19)25-13-11-21-15-17-31-18-16-22-12-14-26(24-10-6-4-8-20(24)2)30(28(22)31)35-36(32,33)34-29(25)27(21)31/h3-14H,15-18H2,1-2H3,(H,32,33). The zero-order chi connectivity index (χ0) is 24.7. The first-order valence-corrected chi connectivity index (χ1v) is 14.0. The van der Waals surface area contributed by atoms with Crippen LogP contribution in [0.4, 0.5) is 0 Å². The van der Waals surface area contributed by atoms with Gasteiger partial charge in [0.25, 0.3) is 0 Å². The van der Waals surface area contributed by atoms with E-state index in [4.69, 9.17) is 9.05 Å². The Labute approximate surface area is 211 Å². The van der Waals surface area contributed by atoms with Crippen molar-refractivity contribution in [2.75, 3.05) is 0 Å². The number of hydrogen-bond acceptors (Lipinski definition) is 3. The van der Waals surface area contributed by atoms with Crippen LogP contribution < -0.4 is 9.05 Å². The molecular formula is C31H27O4P. The topological polar surface area (TPSA) is 55.8 Å². The third kappa shape index (κ3) is 3.01. The van der Waals surface area contributed by atoms with E-state index in [9.17, 15) is 9.46 Å². The molecule has 7 rings (SSSR count). The molecule has 5 heteroatoms. The maximum absolute atomic E-state index is 13.7. The molecule has 2 aliphatic carbocycles. The molecule has 0 amide bonds. The van der Waals surface area contributed by atoms with E-state index < -0.39 is 7.82 Å². The second-order valence-corrected chi connectivity index (χ2v) is 11.6. The van der Waals surface area contributed by atoms with E-state index in [0.29, 0.717) is 11.5 Å². The van der Waals surface area contributed by atoms with Gasteiger partial charge < -0.3 is 9.05 Å². The van der Waals surface area contributed by atoms with E-state index in [0.717, 1.165) is 70.2 Å². The summed E-state index contributed by atoms with van der Waals surface area (Å²) < 4.78 is 25.8. The SMILES string of the molecule is Cc1ccccc1-c1ccc2c3c1OP(=O)(O)Oc1c(-c4ccccc4C)ccc4c1C3(CC2)CC4. The summed E-state index contributed by atoms with van der Waals surface area (Å²) in [6.45, 7) is 4.11. The van der Waals surface area contributed by atoms with Gasteiger partial charge in [0.1, 0.15) is 11.5 Å². The van der Waals surface area contributed by atoms with Crippen LogP contribution in [0.1, 0.15) is 46.2 Å². The monoisotopic (exact) mass is 494 g/mol. The predicted molar refractivity (Wildman–Crippen MR) is 142 cm³/mol. The number of aryl methyl sites for hydroxylation is 4. The molecule has 0 fully saturated rings. The highest BCUT2D eigenvalue weighted by Crippen LogP contribution is 2.65. The van der Waals surface area contributed by atoms with Crippen molar-refractivity contribution in [1.29, 1.82) is 0 Å². The highest BCUT2D eigenvalue weighted by atomic mass is 31.2. The van der Waals surface area contributed by atoms with Crippen LogP contribution in [0.25, 0.3) is 22.3 Å². The molecule has 3 aliphatic rings. The normalized spacial score (nSPS) is 17.9. The van der Waals surface area contributed by atoms with Crippen molar-refractivity contribution in [3.8, 4) is 33.8 Å². The fourth-order valence-corrected chi connectivity index (χ4v) is 7.65. The summed E-state index contributed by atoms with van der Waals surface area (Å²) in [5, 5.41) is 0. The molecule has 1 heterocycles.